The number of hydrogen-bond donors (Lipinski definition) is 0. The number of nitrogens with zero attached hydrogens (tertiary/aromatic N) is 1. The zero-order chi connectivity index (χ0) is 15.5. The van der Waals surface area contributed by atoms with Gasteiger partial charge in [0.15, 0.2) is 0 Å². The molecule has 0 aromatic heterocycles. The first-order valence-corrected chi connectivity index (χ1v) is 7.30. The number of rotatable bonds is 5. The standard InChI is InChI=1S/C18H23NO2/c1-5-19(13-18(2,3)17(20)21-4)16-12-8-10-14-9-6-7-11-15(14)16/h6-12H,5,13H2,1-4H3. The Morgan fingerprint density at radius 1 is 1.14 bits per heavy atom. The summed E-state index contributed by atoms with van der Waals surface area (Å²) in [5.41, 5.74) is 0.620. The summed E-state index contributed by atoms with van der Waals surface area (Å²) >= 11 is 0. The van der Waals surface area contributed by atoms with Crippen LogP contribution in [-0.2, 0) is 9.53 Å². The monoisotopic (exact) mass is 285 g/mol. The molecule has 0 saturated heterocycles. The van der Waals surface area contributed by atoms with Crippen LogP contribution in [0.2, 0.25) is 0 Å². The molecule has 0 aliphatic rings. The average molecular weight is 285 g/mol. The molecule has 2 aromatic carbocycles. The number of carbonyl (C=O) groups excluding carboxylic acids is 1. The van der Waals surface area contributed by atoms with Crippen molar-refractivity contribution < 1.29 is 9.53 Å². The Bertz CT molecular complexity index is 629. The van der Waals surface area contributed by atoms with Crippen LogP contribution in [0.4, 0.5) is 5.69 Å². The third kappa shape index (κ3) is 3.18. The minimum absolute atomic E-state index is 0.179. The van der Waals surface area contributed by atoms with E-state index in [1.54, 1.807) is 0 Å². The van der Waals surface area contributed by atoms with Gasteiger partial charge in [-0.3, -0.25) is 4.79 Å². The van der Waals surface area contributed by atoms with Gasteiger partial charge >= 0.3 is 5.97 Å². The van der Waals surface area contributed by atoms with Gasteiger partial charge in [-0.2, -0.15) is 0 Å². The minimum Gasteiger partial charge on any atom is -0.469 e. The van der Waals surface area contributed by atoms with Gasteiger partial charge in [0.2, 0.25) is 0 Å². The van der Waals surface area contributed by atoms with Crippen LogP contribution in [0.1, 0.15) is 20.8 Å². The van der Waals surface area contributed by atoms with Gasteiger partial charge in [0.05, 0.1) is 12.5 Å². The number of hydrogen-bond acceptors (Lipinski definition) is 3. The third-order valence-electron chi connectivity index (χ3n) is 3.81. The Labute approximate surface area is 126 Å². The van der Waals surface area contributed by atoms with Crippen LogP contribution in [0, 0.1) is 5.41 Å². The maximum atomic E-state index is 11.9. The quantitative estimate of drug-likeness (QED) is 0.781. The SMILES string of the molecule is CCN(CC(C)(C)C(=O)OC)c1cccc2ccccc12. The van der Waals surface area contributed by atoms with E-state index in [2.05, 4.69) is 42.2 Å². The molecule has 0 atom stereocenters. The fourth-order valence-electron chi connectivity index (χ4n) is 2.67. The van der Waals surface area contributed by atoms with Crippen LogP contribution in [0.25, 0.3) is 10.8 Å². The van der Waals surface area contributed by atoms with Crippen LogP contribution < -0.4 is 4.90 Å². The molecule has 0 bridgehead atoms. The second-order valence-corrected chi connectivity index (χ2v) is 5.89. The zero-order valence-corrected chi connectivity index (χ0v) is 13.2. The van der Waals surface area contributed by atoms with Crippen molar-refractivity contribution in [1.82, 2.24) is 0 Å². The Morgan fingerprint density at radius 2 is 1.81 bits per heavy atom. The molecular formula is C18H23NO2. The highest BCUT2D eigenvalue weighted by molar-refractivity contribution is 5.94. The molecule has 0 saturated carbocycles. The van der Waals surface area contributed by atoms with E-state index in [1.165, 1.54) is 17.9 Å². The summed E-state index contributed by atoms with van der Waals surface area (Å²) in [5.74, 6) is -0.179. The number of methoxy groups -OCH3 is 1. The van der Waals surface area contributed by atoms with E-state index in [1.807, 2.05) is 26.0 Å². The van der Waals surface area contributed by atoms with Crippen molar-refractivity contribution >= 4 is 22.4 Å². The summed E-state index contributed by atoms with van der Waals surface area (Å²) in [6, 6.07) is 14.6. The van der Waals surface area contributed by atoms with E-state index in [-0.39, 0.29) is 5.97 Å². The lowest BCUT2D eigenvalue weighted by molar-refractivity contribution is -0.150. The largest absolute Gasteiger partial charge is 0.469 e. The molecule has 0 aliphatic carbocycles. The highest BCUT2D eigenvalue weighted by Crippen LogP contribution is 2.29. The molecule has 0 heterocycles. The summed E-state index contributed by atoms with van der Waals surface area (Å²) in [4.78, 5) is 14.2. The van der Waals surface area contributed by atoms with Gasteiger partial charge in [0, 0.05) is 24.2 Å². The average Bonchev–Trinajstić information content (AvgIpc) is 2.51. The first kappa shape index (κ1) is 15.4. The van der Waals surface area contributed by atoms with Crippen LogP contribution >= 0.6 is 0 Å². The number of esters is 1. The molecule has 0 unspecified atom stereocenters. The Balaban J connectivity index is 2.38. The van der Waals surface area contributed by atoms with Crippen molar-refractivity contribution in [3.05, 3.63) is 42.5 Å². The van der Waals surface area contributed by atoms with Crippen molar-refractivity contribution in [2.45, 2.75) is 20.8 Å². The van der Waals surface area contributed by atoms with E-state index < -0.39 is 5.41 Å². The molecule has 0 N–H and O–H groups in total. The molecule has 0 aliphatic heterocycles. The second-order valence-electron chi connectivity index (χ2n) is 5.89. The number of ether oxygens (including phenoxy) is 1. The topological polar surface area (TPSA) is 29.5 Å². The lowest BCUT2D eigenvalue weighted by Crippen LogP contribution is -2.40. The van der Waals surface area contributed by atoms with Crippen LogP contribution in [0.15, 0.2) is 42.5 Å². The lowest BCUT2D eigenvalue weighted by Gasteiger charge is -2.32. The molecule has 0 amide bonds. The van der Waals surface area contributed by atoms with Crippen LogP contribution in [0.5, 0.6) is 0 Å². The number of fused-ring (bicyclic) bond motifs is 1. The summed E-state index contributed by atoms with van der Waals surface area (Å²) in [6.07, 6.45) is 0. The van der Waals surface area contributed by atoms with Crippen LogP contribution in [0.3, 0.4) is 0 Å². The number of anilines is 1. The zero-order valence-electron chi connectivity index (χ0n) is 13.2. The van der Waals surface area contributed by atoms with E-state index in [9.17, 15) is 4.79 Å². The van der Waals surface area contributed by atoms with Gasteiger partial charge in [0.1, 0.15) is 0 Å². The summed E-state index contributed by atoms with van der Waals surface area (Å²) in [5, 5.41) is 2.42. The molecule has 2 rings (SSSR count). The van der Waals surface area contributed by atoms with E-state index in [0.717, 1.165) is 12.2 Å². The van der Waals surface area contributed by atoms with Crippen molar-refractivity contribution in [2.24, 2.45) is 5.41 Å². The molecule has 112 valence electrons. The second kappa shape index (κ2) is 6.17. The maximum absolute atomic E-state index is 11.9. The van der Waals surface area contributed by atoms with Gasteiger partial charge in [-0.15, -0.1) is 0 Å². The Morgan fingerprint density at radius 3 is 2.48 bits per heavy atom. The number of carbonyl (C=O) groups is 1. The highest BCUT2D eigenvalue weighted by atomic mass is 16.5. The van der Waals surface area contributed by atoms with Crippen molar-refractivity contribution in [3.63, 3.8) is 0 Å². The van der Waals surface area contributed by atoms with Gasteiger partial charge in [-0.25, -0.2) is 0 Å². The predicted octanol–water partition coefficient (Wildman–Crippen LogP) is 3.87. The fourth-order valence-corrected chi connectivity index (χ4v) is 2.67. The summed E-state index contributed by atoms with van der Waals surface area (Å²) < 4.78 is 4.92. The highest BCUT2D eigenvalue weighted by Gasteiger charge is 2.31. The summed E-state index contributed by atoms with van der Waals surface area (Å²) in [7, 11) is 1.44. The molecule has 3 heteroatoms. The van der Waals surface area contributed by atoms with Crippen molar-refractivity contribution in [1.29, 1.82) is 0 Å². The van der Waals surface area contributed by atoms with Gasteiger partial charge in [-0.05, 0) is 32.2 Å². The fraction of sp³-hybridized carbons (Fsp3) is 0.389. The minimum atomic E-state index is -0.540. The Hall–Kier alpha value is -2.03. The van der Waals surface area contributed by atoms with E-state index in [4.69, 9.17) is 4.74 Å². The third-order valence-corrected chi connectivity index (χ3v) is 3.81. The molecular weight excluding hydrogens is 262 g/mol. The smallest absolute Gasteiger partial charge is 0.313 e. The lowest BCUT2D eigenvalue weighted by atomic mass is 9.92. The molecule has 21 heavy (non-hydrogen) atoms. The van der Waals surface area contributed by atoms with Gasteiger partial charge < -0.3 is 9.64 Å². The molecule has 0 fully saturated rings. The van der Waals surface area contributed by atoms with Crippen LogP contribution in [-0.4, -0.2) is 26.2 Å². The van der Waals surface area contributed by atoms with Gasteiger partial charge in [0.25, 0.3) is 0 Å². The normalized spacial score (nSPS) is 11.4. The first-order valence-electron chi connectivity index (χ1n) is 7.30. The van der Waals surface area contributed by atoms with Crippen molar-refractivity contribution in [3.8, 4) is 0 Å². The van der Waals surface area contributed by atoms with Gasteiger partial charge in [-0.1, -0.05) is 36.4 Å². The van der Waals surface area contributed by atoms with E-state index >= 15 is 0 Å². The predicted molar refractivity (Wildman–Crippen MR) is 87.6 cm³/mol. The first-order chi connectivity index (χ1) is 9.99. The molecule has 2 aromatic rings. The van der Waals surface area contributed by atoms with E-state index in [0.29, 0.717) is 6.54 Å². The van der Waals surface area contributed by atoms with Crippen molar-refractivity contribution in [2.75, 3.05) is 25.1 Å². The molecule has 3 nitrogen and oxygen atoms in total. The molecule has 0 radical (unpaired) electrons. The number of benzene rings is 2. The Kier molecular flexibility index (Phi) is 4.51. The summed E-state index contributed by atoms with van der Waals surface area (Å²) in [6.45, 7) is 7.42. The molecule has 0 spiro atoms. The maximum Gasteiger partial charge on any atom is 0.313 e.